The first-order valence-corrected chi connectivity index (χ1v) is 6.16. The Morgan fingerprint density at radius 3 is 2.72 bits per heavy atom. The van der Waals surface area contributed by atoms with Crippen molar-refractivity contribution in [2.45, 2.75) is 32.4 Å². The average molecular weight is 248 g/mol. The second-order valence-electron chi connectivity index (χ2n) is 5.55. The highest BCUT2D eigenvalue weighted by Gasteiger charge is 2.30. The number of hydrogen-bond acceptors (Lipinski definition) is 2. The molecule has 0 radical (unpaired) electrons. The van der Waals surface area contributed by atoms with E-state index in [-0.39, 0.29) is 12.1 Å². The minimum absolute atomic E-state index is 0.0279. The van der Waals surface area contributed by atoms with Crippen LogP contribution in [0, 0.1) is 0 Å². The third-order valence-corrected chi connectivity index (χ3v) is 2.87. The van der Waals surface area contributed by atoms with Crippen LogP contribution in [0.4, 0.5) is 4.79 Å². The summed E-state index contributed by atoms with van der Waals surface area (Å²) in [4.78, 5) is 13.9. The summed E-state index contributed by atoms with van der Waals surface area (Å²) in [6.45, 7) is 6.24. The van der Waals surface area contributed by atoms with Crippen molar-refractivity contribution < 1.29 is 9.53 Å². The van der Waals surface area contributed by atoms with Gasteiger partial charge in [0.05, 0.1) is 6.04 Å². The predicted octanol–water partition coefficient (Wildman–Crippen LogP) is 2.87. The van der Waals surface area contributed by atoms with E-state index < -0.39 is 5.60 Å². The molecular weight excluding hydrogens is 228 g/mol. The molecule has 0 N–H and O–H groups in total. The van der Waals surface area contributed by atoms with Gasteiger partial charge >= 0.3 is 6.09 Å². The molecule has 1 aromatic rings. The van der Waals surface area contributed by atoms with Gasteiger partial charge in [0, 0.05) is 25.5 Å². The molecule has 1 atom stereocenters. The topological polar surface area (TPSA) is 34.5 Å². The molecule has 1 aliphatic heterocycles. The zero-order chi connectivity index (χ0) is 13.3. The molecule has 0 unspecified atom stereocenters. The molecule has 0 saturated heterocycles. The standard InChI is InChI=1S/C14H20N2O2/c1-14(2,3)18-13(17)16-10-6-8-12(16)11-7-5-9-15(11)4/h5-9,12H,10H2,1-4H3/t12-/m0/s1. The van der Waals surface area contributed by atoms with E-state index in [1.165, 1.54) is 0 Å². The SMILES string of the molecule is Cn1cccc1[C@@H]1C=CCN1C(=O)OC(C)(C)C. The number of nitrogens with zero attached hydrogens (tertiary/aromatic N) is 2. The third-order valence-electron chi connectivity index (χ3n) is 2.87. The van der Waals surface area contributed by atoms with Crippen molar-refractivity contribution in [3.8, 4) is 0 Å². The fraction of sp³-hybridized carbons (Fsp3) is 0.500. The number of ether oxygens (including phenoxy) is 1. The van der Waals surface area contributed by atoms with E-state index in [9.17, 15) is 4.79 Å². The van der Waals surface area contributed by atoms with Gasteiger partial charge in [-0.15, -0.1) is 0 Å². The van der Waals surface area contributed by atoms with Crippen LogP contribution >= 0.6 is 0 Å². The van der Waals surface area contributed by atoms with Gasteiger partial charge in [-0.3, -0.25) is 4.90 Å². The second kappa shape index (κ2) is 4.52. The molecule has 0 fully saturated rings. The predicted molar refractivity (Wildman–Crippen MR) is 70.2 cm³/mol. The van der Waals surface area contributed by atoms with Crippen molar-refractivity contribution in [1.82, 2.24) is 9.47 Å². The van der Waals surface area contributed by atoms with Crippen LogP contribution in [0.2, 0.25) is 0 Å². The van der Waals surface area contributed by atoms with Crippen LogP contribution in [0.15, 0.2) is 30.5 Å². The smallest absolute Gasteiger partial charge is 0.411 e. The molecule has 0 aromatic carbocycles. The summed E-state index contributed by atoms with van der Waals surface area (Å²) in [5.41, 5.74) is 0.632. The summed E-state index contributed by atoms with van der Waals surface area (Å²) >= 11 is 0. The highest BCUT2D eigenvalue weighted by atomic mass is 16.6. The van der Waals surface area contributed by atoms with Crippen LogP contribution < -0.4 is 0 Å². The molecule has 0 spiro atoms. The Labute approximate surface area is 108 Å². The lowest BCUT2D eigenvalue weighted by Crippen LogP contribution is -2.37. The quantitative estimate of drug-likeness (QED) is 0.716. The van der Waals surface area contributed by atoms with Gasteiger partial charge in [0.2, 0.25) is 0 Å². The Morgan fingerprint density at radius 2 is 2.17 bits per heavy atom. The van der Waals surface area contributed by atoms with Gasteiger partial charge in [-0.1, -0.05) is 12.2 Å². The van der Waals surface area contributed by atoms with E-state index in [1.807, 2.05) is 62.9 Å². The van der Waals surface area contributed by atoms with Crippen LogP contribution in [-0.4, -0.2) is 27.7 Å². The Bertz CT molecular complexity index is 468. The monoisotopic (exact) mass is 248 g/mol. The summed E-state index contributed by atoms with van der Waals surface area (Å²) in [6.07, 6.45) is 5.76. The fourth-order valence-corrected chi connectivity index (χ4v) is 2.07. The lowest BCUT2D eigenvalue weighted by Gasteiger charge is -2.28. The third kappa shape index (κ3) is 2.58. The van der Waals surface area contributed by atoms with Gasteiger partial charge < -0.3 is 9.30 Å². The summed E-state index contributed by atoms with van der Waals surface area (Å²) in [5.74, 6) is 0. The number of carbonyl (C=O) groups is 1. The van der Waals surface area contributed by atoms with Crippen LogP contribution in [-0.2, 0) is 11.8 Å². The summed E-state index contributed by atoms with van der Waals surface area (Å²) in [6, 6.07) is 3.98. The Kier molecular flexibility index (Phi) is 3.20. The molecule has 98 valence electrons. The van der Waals surface area contributed by atoms with Crippen molar-refractivity contribution >= 4 is 6.09 Å². The summed E-state index contributed by atoms with van der Waals surface area (Å²) in [5, 5.41) is 0. The second-order valence-corrected chi connectivity index (χ2v) is 5.55. The molecule has 1 amide bonds. The van der Waals surface area contributed by atoms with Crippen molar-refractivity contribution in [2.75, 3.05) is 6.54 Å². The van der Waals surface area contributed by atoms with Crippen LogP contribution in [0.5, 0.6) is 0 Å². The first-order chi connectivity index (χ1) is 8.38. The molecule has 4 heteroatoms. The Balaban J connectivity index is 2.15. The first-order valence-electron chi connectivity index (χ1n) is 6.16. The molecule has 0 saturated carbocycles. The lowest BCUT2D eigenvalue weighted by atomic mass is 10.2. The molecule has 18 heavy (non-hydrogen) atoms. The van der Waals surface area contributed by atoms with Gasteiger partial charge in [-0.05, 0) is 32.9 Å². The molecular formula is C14H20N2O2. The van der Waals surface area contributed by atoms with E-state index in [1.54, 1.807) is 4.90 Å². The van der Waals surface area contributed by atoms with Crippen molar-refractivity contribution in [2.24, 2.45) is 7.05 Å². The van der Waals surface area contributed by atoms with Crippen LogP contribution in [0.3, 0.4) is 0 Å². The fourth-order valence-electron chi connectivity index (χ4n) is 2.07. The van der Waals surface area contributed by atoms with E-state index >= 15 is 0 Å². The molecule has 1 aromatic heterocycles. The van der Waals surface area contributed by atoms with E-state index in [0.717, 1.165) is 5.69 Å². The molecule has 0 bridgehead atoms. The molecule has 0 aliphatic carbocycles. The van der Waals surface area contributed by atoms with Crippen molar-refractivity contribution in [3.05, 3.63) is 36.2 Å². The number of aromatic nitrogens is 1. The van der Waals surface area contributed by atoms with Crippen molar-refractivity contribution in [3.63, 3.8) is 0 Å². The number of rotatable bonds is 1. The number of amides is 1. The number of carbonyl (C=O) groups excluding carboxylic acids is 1. The average Bonchev–Trinajstić information content (AvgIpc) is 2.82. The lowest BCUT2D eigenvalue weighted by molar-refractivity contribution is 0.0236. The van der Waals surface area contributed by atoms with Gasteiger partial charge in [0.15, 0.2) is 0 Å². The largest absolute Gasteiger partial charge is 0.444 e. The van der Waals surface area contributed by atoms with Gasteiger partial charge in [0.1, 0.15) is 5.60 Å². The van der Waals surface area contributed by atoms with Crippen molar-refractivity contribution in [1.29, 1.82) is 0 Å². The molecule has 4 nitrogen and oxygen atoms in total. The summed E-state index contributed by atoms with van der Waals surface area (Å²) < 4.78 is 7.45. The molecule has 2 rings (SSSR count). The van der Waals surface area contributed by atoms with Gasteiger partial charge in [0.25, 0.3) is 0 Å². The zero-order valence-corrected chi connectivity index (χ0v) is 11.4. The maximum Gasteiger partial charge on any atom is 0.411 e. The van der Waals surface area contributed by atoms with Crippen LogP contribution in [0.1, 0.15) is 32.5 Å². The number of aryl methyl sites for hydroxylation is 1. The van der Waals surface area contributed by atoms with E-state index in [2.05, 4.69) is 0 Å². The first kappa shape index (κ1) is 12.7. The maximum absolute atomic E-state index is 12.1. The highest BCUT2D eigenvalue weighted by molar-refractivity contribution is 5.70. The Hall–Kier alpha value is -1.71. The minimum atomic E-state index is -0.460. The number of hydrogen-bond donors (Lipinski definition) is 0. The maximum atomic E-state index is 12.1. The van der Waals surface area contributed by atoms with E-state index in [0.29, 0.717) is 6.54 Å². The van der Waals surface area contributed by atoms with Gasteiger partial charge in [-0.2, -0.15) is 0 Å². The summed E-state index contributed by atoms with van der Waals surface area (Å²) in [7, 11) is 1.98. The molecule has 2 heterocycles. The van der Waals surface area contributed by atoms with Gasteiger partial charge in [-0.25, -0.2) is 4.79 Å². The zero-order valence-electron chi connectivity index (χ0n) is 11.4. The minimum Gasteiger partial charge on any atom is -0.444 e. The highest BCUT2D eigenvalue weighted by Crippen LogP contribution is 2.28. The molecule has 1 aliphatic rings. The Morgan fingerprint density at radius 1 is 1.44 bits per heavy atom. The van der Waals surface area contributed by atoms with E-state index in [4.69, 9.17) is 4.74 Å². The normalized spacial score (nSPS) is 19.3. The van der Waals surface area contributed by atoms with Crippen LogP contribution in [0.25, 0.3) is 0 Å².